The van der Waals surface area contributed by atoms with E-state index < -0.39 is 0 Å². The number of carbonyl (C=O) groups is 1. The van der Waals surface area contributed by atoms with Crippen LogP contribution in [-0.2, 0) is 11.2 Å². The van der Waals surface area contributed by atoms with Gasteiger partial charge in [0.15, 0.2) is 23.0 Å². The largest absolute Gasteiger partial charge is 0.493 e. The van der Waals surface area contributed by atoms with E-state index in [2.05, 4.69) is 0 Å². The normalized spacial score (nSPS) is 14.2. The van der Waals surface area contributed by atoms with Gasteiger partial charge in [0.2, 0.25) is 6.79 Å². The molecule has 3 aromatic carbocycles. The van der Waals surface area contributed by atoms with Gasteiger partial charge >= 0.3 is 5.97 Å². The lowest BCUT2D eigenvalue weighted by Gasteiger charge is -2.17. The van der Waals surface area contributed by atoms with Crippen LogP contribution in [0, 0.1) is 0 Å². The molecule has 6 nitrogen and oxygen atoms in total. The second-order valence-corrected chi connectivity index (χ2v) is 6.39. The number of hydrogen-bond acceptors (Lipinski definition) is 6. The fourth-order valence-corrected chi connectivity index (χ4v) is 3.67. The van der Waals surface area contributed by atoms with E-state index >= 15 is 0 Å². The predicted molar refractivity (Wildman–Crippen MR) is 98.0 cm³/mol. The molecule has 2 aliphatic heterocycles. The molecule has 0 unspecified atom stereocenters. The van der Waals surface area contributed by atoms with Gasteiger partial charge in [0.05, 0.1) is 20.6 Å². The Morgan fingerprint density at radius 2 is 1.78 bits per heavy atom. The molecule has 0 saturated heterocycles. The Labute approximate surface area is 155 Å². The first-order chi connectivity index (χ1) is 13.2. The van der Waals surface area contributed by atoms with E-state index in [1.54, 1.807) is 14.2 Å². The number of esters is 1. The van der Waals surface area contributed by atoms with E-state index in [0.29, 0.717) is 28.7 Å². The molecule has 5 rings (SSSR count). The van der Waals surface area contributed by atoms with E-state index in [-0.39, 0.29) is 19.2 Å². The fraction of sp³-hybridized carbons (Fsp3) is 0.190. The molecule has 0 amide bonds. The highest BCUT2D eigenvalue weighted by atomic mass is 16.7. The molecule has 0 aromatic heterocycles. The van der Waals surface area contributed by atoms with Crippen LogP contribution < -0.4 is 23.7 Å². The van der Waals surface area contributed by atoms with Gasteiger partial charge < -0.3 is 23.7 Å². The minimum atomic E-state index is -0.246. The van der Waals surface area contributed by atoms with Crippen LogP contribution in [0.25, 0.3) is 21.9 Å². The van der Waals surface area contributed by atoms with Gasteiger partial charge in [0, 0.05) is 11.1 Å². The van der Waals surface area contributed by atoms with Gasteiger partial charge in [-0.1, -0.05) is 6.07 Å². The Bertz CT molecular complexity index is 1100. The van der Waals surface area contributed by atoms with Crippen molar-refractivity contribution in [2.45, 2.75) is 6.42 Å². The minimum Gasteiger partial charge on any atom is -0.493 e. The highest BCUT2D eigenvalue weighted by Crippen LogP contribution is 2.48. The molecule has 2 aliphatic rings. The summed E-state index contributed by atoms with van der Waals surface area (Å²) >= 11 is 0. The van der Waals surface area contributed by atoms with Gasteiger partial charge in [-0.2, -0.15) is 0 Å². The number of benzene rings is 3. The lowest BCUT2D eigenvalue weighted by atomic mass is 9.94. The molecule has 2 heterocycles. The Balaban J connectivity index is 1.83. The van der Waals surface area contributed by atoms with Gasteiger partial charge in [0.1, 0.15) is 5.75 Å². The summed E-state index contributed by atoms with van der Waals surface area (Å²) in [5.74, 6) is 2.94. The molecule has 0 bridgehead atoms. The van der Waals surface area contributed by atoms with Gasteiger partial charge in [-0.15, -0.1) is 0 Å². The lowest BCUT2D eigenvalue weighted by molar-refractivity contribution is -0.131. The van der Waals surface area contributed by atoms with Crippen molar-refractivity contribution >= 4 is 16.7 Å². The SMILES string of the molecule is COc1cc2cc3c(cc2c(-c2ccc4c(c2)OCO4)c1OC)OC(=O)C3. The third-order valence-electron chi connectivity index (χ3n) is 4.88. The van der Waals surface area contributed by atoms with E-state index in [1.165, 1.54) is 0 Å². The molecule has 0 N–H and O–H groups in total. The highest BCUT2D eigenvalue weighted by molar-refractivity contribution is 6.04. The third-order valence-corrected chi connectivity index (χ3v) is 4.88. The van der Waals surface area contributed by atoms with Crippen molar-refractivity contribution < 1.29 is 28.5 Å². The van der Waals surface area contributed by atoms with Crippen LogP contribution in [0.4, 0.5) is 0 Å². The van der Waals surface area contributed by atoms with Crippen molar-refractivity contribution in [3.63, 3.8) is 0 Å². The fourth-order valence-electron chi connectivity index (χ4n) is 3.67. The van der Waals surface area contributed by atoms with Crippen molar-refractivity contribution in [2.75, 3.05) is 21.0 Å². The molecule has 136 valence electrons. The van der Waals surface area contributed by atoms with Crippen molar-refractivity contribution in [3.8, 4) is 39.9 Å². The summed E-state index contributed by atoms with van der Waals surface area (Å²) in [6.45, 7) is 0.207. The van der Waals surface area contributed by atoms with Crippen LogP contribution >= 0.6 is 0 Å². The molecular formula is C21H16O6. The summed E-state index contributed by atoms with van der Waals surface area (Å²) in [6, 6.07) is 11.5. The Hall–Kier alpha value is -3.41. The van der Waals surface area contributed by atoms with Crippen LogP contribution in [0.15, 0.2) is 36.4 Å². The zero-order chi connectivity index (χ0) is 18.5. The second-order valence-electron chi connectivity index (χ2n) is 6.39. The predicted octanol–water partition coefficient (Wildman–Crippen LogP) is 3.71. The van der Waals surface area contributed by atoms with Gasteiger partial charge in [-0.25, -0.2) is 0 Å². The number of methoxy groups -OCH3 is 2. The lowest BCUT2D eigenvalue weighted by Crippen LogP contribution is -2.00. The monoisotopic (exact) mass is 364 g/mol. The summed E-state index contributed by atoms with van der Waals surface area (Å²) in [5, 5.41) is 1.84. The van der Waals surface area contributed by atoms with E-state index in [1.807, 2.05) is 36.4 Å². The Kier molecular flexibility index (Phi) is 3.40. The first-order valence-electron chi connectivity index (χ1n) is 8.50. The summed E-state index contributed by atoms with van der Waals surface area (Å²) in [5.41, 5.74) is 2.61. The summed E-state index contributed by atoms with van der Waals surface area (Å²) in [6.07, 6.45) is 0.277. The molecule has 3 aromatic rings. The number of fused-ring (bicyclic) bond motifs is 3. The van der Waals surface area contributed by atoms with Gasteiger partial charge in [0.25, 0.3) is 0 Å². The summed E-state index contributed by atoms with van der Waals surface area (Å²) < 4.78 is 27.5. The van der Waals surface area contributed by atoms with Crippen LogP contribution in [0.5, 0.6) is 28.7 Å². The number of carbonyl (C=O) groups excluding carboxylic acids is 1. The first kappa shape index (κ1) is 15.8. The van der Waals surface area contributed by atoms with Crippen LogP contribution in [0.1, 0.15) is 5.56 Å². The molecule has 27 heavy (non-hydrogen) atoms. The molecule has 0 radical (unpaired) electrons. The molecule has 0 spiro atoms. The summed E-state index contributed by atoms with van der Waals surface area (Å²) in [7, 11) is 3.21. The molecule has 0 saturated carbocycles. The van der Waals surface area contributed by atoms with Crippen molar-refractivity contribution in [1.29, 1.82) is 0 Å². The van der Waals surface area contributed by atoms with E-state index in [4.69, 9.17) is 23.7 Å². The zero-order valence-corrected chi connectivity index (χ0v) is 14.8. The molecule has 0 fully saturated rings. The second kappa shape index (κ2) is 5.81. The van der Waals surface area contributed by atoms with E-state index in [9.17, 15) is 4.79 Å². The van der Waals surface area contributed by atoms with Crippen molar-refractivity contribution in [2.24, 2.45) is 0 Å². The quantitative estimate of drug-likeness (QED) is 0.521. The first-order valence-corrected chi connectivity index (χ1v) is 8.50. The van der Waals surface area contributed by atoms with E-state index in [0.717, 1.165) is 27.5 Å². The standard InChI is InChI=1S/C21H16O6/c1-23-18-7-12-5-13-8-19(22)27-16(13)9-14(12)20(21(18)24-2)11-3-4-15-17(6-11)26-10-25-15/h3-7,9H,8,10H2,1-2H3. The maximum atomic E-state index is 11.7. The van der Waals surface area contributed by atoms with Crippen LogP contribution in [0.2, 0.25) is 0 Å². The smallest absolute Gasteiger partial charge is 0.315 e. The van der Waals surface area contributed by atoms with Gasteiger partial charge in [-0.3, -0.25) is 4.79 Å². The minimum absolute atomic E-state index is 0.207. The number of rotatable bonds is 3. The molecule has 6 heteroatoms. The average molecular weight is 364 g/mol. The Morgan fingerprint density at radius 1 is 0.926 bits per heavy atom. The summed E-state index contributed by atoms with van der Waals surface area (Å²) in [4.78, 5) is 11.7. The average Bonchev–Trinajstić information content (AvgIpc) is 3.28. The van der Waals surface area contributed by atoms with Crippen molar-refractivity contribution in [1.82, 2.24) is 0 Å². The highest BCUT2D eigenvalue weighted by Gasteiger charge is 2.25. The number of ether oxygens (including phenoxy) is 5. The maximum absolute atomic E-state index is 11.7. The third kappa shape index (κ3) is 2.37. The topological polar surface area (TPSA) is 63.2 Å². The number of hydrogen-bond donors (Lipinski definition) is 0. The zero-order valence-electron chi connectivity index (χ0n) is 14.8. The van der Waals surface area contributed by atoms with Crippen molar-refractivity contribution in [3.05, 3.63) is 42.0 Å². The molecule has 0 aliphatic carbocycles. The Morgan fingerprint density at radius 3 is 2.59 bits per heavy atom. The molecule has 0 atom stereocenters. The molecular weight excluding hydrogens is 348 g/mol. The van der Waals surface area contributed by atoms with Crippen LogP contribution in [0.3, 0.4) is 0 Å². The van der Waals surface area contributed by atoms with Gasteiger partial charge in [-0.05, 0) is 46.7 Å². The van der Waals surface area contributed by atoms with Crippen LogP contribution in [-0.4, -0.2) is 27.0 Å². The maximum Gasteiger partial charge on any atom is 0.315 e.